The van der Waals surface area contributed by atoms with Crippen molar-refractivity contribution in [3.63, 3.8) is 0 Å². The van der Waals surface area contributed by atoms with Crippen LogP contribution in [0, 0.1) is 12.5 Å². The summed E-state index contributed by atoms with van der Waals surface area (Å²) >= 11 is 0. The lowest BCUT2D eigenvalue weighted by atomic mass is 9.84. The first-order valence-electron chi connectivity index (χ1n) is 5.95. The smallest absolute Gasteiger partial charge is 0.109 e. The molecule has 0 aliphatic heterocycles. The van der Waals surface area contributed by atoms with Gasteiger partial charge in [-0.1, -0.05) is 52.8 Å². The Morgan fingerprint density at radius 3 is 2.25 bits per heavy atom. The maximum atomic E-state index is 9.16. The van der Waals surface area contributed by atoms with E-state index in [1.165, 1.54) is 17.7 Å². The number of hydrogen-bond donors (Lipinski definition) is 1. The lowest BCUT2D eigenvalue weighted by Gasteiger charge is -2.21. The van der Waals surface area contributed by atoms with Crippen LogP contribution in [0.4, 0.5) is 0 Å². The molecule has 0 fully saturated rings. The maximum Gasteiger partial charge on any atom is 0.109 e. The Balaban J connectivity index is 3.11. The summed E-state index contributed by atoms with van der Waals surface area (Å²) in [6, 6.07) is 6.38. The van der Waals surface area contributed by atoms with Crippen molar-refractivity contribution in [2.75, 3.05) is 0 Å². The van der Waals surface area contributed by atoms with E-state index in [2.05, 4.69) is 52.8 Å². The minimum Gasteiger partial charge on any atom is -0.385 e. The Morgan fingerprint density at radius 1 is 1.19 bits per heavy atom. The number of hydrogen-bond acceptors (Lipinski definition) is 1. The molecule has 0 aliphatic rings. The van der Waals surface area contributed by atoms with Crippen LogP contribution in [0.2, 0.25) is 0 Å². The van der Waals surface area contributed by atoms with Crippen molar-refractivity contribution in [2.24, 2.45) is 5.92 Å². The predicted octanol–water partition coefficient (Wildman–Crippen LogP) is 4.06. The van der Waals surface area contributed by atoms with E-state index in [4.69, 9.17) is 5.11 Å². The van der Waals surface area contributed by atoms with Crippen molar-refractivity contribution >= 4 is 0 Å². The quantitative estimate of drug-likeness (QED) is 0.812. The third kappa shape index (κ3) is 3.64. The molecule has 1 nitrogen and oxygen atoms in total. The van der Waals surface area contributed by atoms with Crippen LogP contribution in [0.1, 0.15) is 51.3 Å². The fourth-order valence-electron chi connectivity index (χ4n) is 1.82. The van der Waals surface area contributed by atoms with E-state index in [1.54, 1.807) is 0 Å². The fourth-order valence-corrected chi connectivity index (χ4v) is 1.82. The van der Waals surface area contributed by atoms with Gasteiger partial charge >= 0.3 is 0 Å². The first kappa shape index (κ1) is 13.2. The summed E-state index contributed by atoms with van der Waals surface area (Å²) in [5.41, 5.74) is 3.63. The van der Waals surface area contributed by atoms with Gasteiger partial charge in [-0.2, -0.15) is 0 Å². The van der Waals surface area contributed by atoms with E-state index in [0.29, 0.717) is 5.92 Å². The maximum absolute atomic E-state index is 9.16. The average molecular weight is 219 g/mol. The number of aliphatic hydroxyl groups is 1. The second kappa shape index (κ2) is 5.01. The van der Waals surface area contributed by atoms with E-state index >= 15 is 0 Å². The van der Waals surface area contributed by atoms with Crippen LogP contribution < -0.4 is 0 Å². The Hall–Kier alpha value is -0.820. The van der Waals surface area contributed by atoms with Crippen molar-refractivity contribution in [2.45, 2.75) is 46.5 Å². The number of rotatable bonds is 3. The minimum absolute atomic E-state index is 0.130. The van der Waals surface area contributed by atoms with Gasteiger partial charge in [0.05, 0.1) is 0 Å². The number of aliphatic hydroxyl groups excluding tert-OH is 1. The second-order valence-electron chi connectivity index (χ2n) is 5.94. The molecule has 0 unspecified atom stereocenters. The molecule has 1 heteroatoms. The predicted molar refractivity (Wildman–Crippen MR) is 69.0 cm³/mol. The normalized spacial score (nSPS) is 12.2. The van der Waals surface area contributed by atoms with E-state index < -0.39 is 0 Å². The van der Waals surface area contributed by atoms with Crippen LogP contribution >= 0.6 is 0 Å². The molecule has 0 amide bonds. The van der Waals surface area contributed by atoms with Crippen LogP contribution in [-0.2, 0) is 11.8 Å². The van der Waals surface area contributed by atoms with Crippen LogP contribution in [0.5, 0.6) is 0 Å². The molecule has 89 valence electrons. The third-order valence-corrected chi connectivity index (χ3v) is 2.67. The van der Waals surface area contributed by atoms with E-state index in [0.717, 1.165) is 12.0 Å². The molecule has 0 saturated carbocycles. The standard InChI is InChI=1S/C15H23O/c1-11(2)6-12-7-13(10-16)9-14(8-12)15(3,4)5/h7-11,16H,6H2,1-5H3. The Kier molecular flexibility index (Phi) is 4.15. The molecule has 0 atom stereocenters. The van der Waals surface area contributed by atoms with Crippen LogP contribution in [0.25, 0.3) is 0 Å². The highest BCUT2D eigenvalue weighted by atomic mass is 16.3. The molecule has 0 aliphatic carbocycles. The van der Waals surface area contributed by atoms with Gasteiger partial charge in [0.15, 0.2) is 0 Å². The van der Waals surface area contributed by atoms with Crippen LogP contribution in [0.3, 0.4) is 0 Å². The summed E-state index contributed by atoms with van der Waals surface area (Å²) in [6.45, 7) is 12.2. The van der Waals surface area contributed by atoms with Gasteiger partial charge in [0.25, 0.3) is 0 Å². The van der Waals surface area contributed by atoms with Gasteiger partial charge in [-0.05, 0) is 34.4 Å². The molecule has 0 aromatic heterocycles. The van der Waals surface area contributed by atoms with Gasteiger partial charge in [0.2, 0.25) is 0 Å². The summed E-state index contributed by atoms with van der Waals surface area (Å²) in [7, 11) is 0. The van der Waals surface area contributed by atoms with Crippen molar-refractivity contribution in [1.29, 1.82) is 0 Å². The fraction of sp³-hybridized carbons (Fsp3) is 0.533. The van der Waals surface area contributed by atoms with Gasteiger partial charge in [-0.15, -0.1) is 0 Å². The zero-order valence-corrected chi connectivity index (χ0v) is 11.0. The van der Waals surface area contributed by atoms with Crippen LogP contribution in [0.15, 0.2) is 18.2 Å². The second-order valence-corrected chi connectivity index (χ2v) is 5.94. The summed E-state index contributed by atoms with van der Waals surface area (Å²) in [6.07, 6.45) is 1.06. The highest BCUT2D eigenvalue weighted by Crippen LogP contribution is 2.25. The Labute approximate surface area is 99.5 Å². The molecule has 1 radical (unpaired) electrons. The summed E-state index contributed by atoms with van der Waals surface area (Å²) in [5, 5.41) is 9.16. The zero-order chi connectivity index (χ0) is 12.3. The first-order chi connectivity index (χ1) is 7.32. The van der Waals surface area contributed by atoms with Crippen molar-refractivity contribution in [3.8, 4) is 0 Å². The van der Waals surface area contributed by atoms with Gasteiger partial charge in [-0.3, -0.25) is 0 Å². The molecule has 0 spiro atoms. The Morgan fingerprint density at radius 2 is 1.81 bits per heavy atom. The zero-order valence-electron chi connectivity index (χ0n) is 11.0. The third-order valence-electron chi connectivity index (χ3n) is 2.67. The molecular formula is C15H23O. The molecule has 16 heavy (non-hydrogen) atoms. The molecule has 0 heterocycles. The molecule has 1 N–H and O–H groups in total. The molecule has 1 aromatic rings. The minimum atomic E-state index is 0.130. The molecular weight excluding hydrogens is 196 g/mol. The lowest BCUT2D eigenvalue weighted by molar-refractivity contribution is 0.414. The van der Waals surface area contributed by atoms with Crippen molar-refractivity contribution in [3.05, 3.63) is 41.5 Å². The van der Waals surface area contributed by atoms with Crippen molar-refractivity contribution in [1.82, 2.24) is 0 Å². The average Bonchev–Trinajstić information content (AvgIpc) is 2.14. The van der Waals surface area contributed by atoms with Gasteiger partial charge < -0.3 is 5.11 Å². The first-order valence-corrected chi connectivity index (χ1v) is 5.95. The Bertz CT molecular complexity index is 345. The highest BCUT2D eigenvalue weighted by molar-refractivity contribution is 5.36. The summed E-state index contributed by atoms with van der Waals surface area (Å²) in [4.78, 5) is 0. The lowest BCUT2D eigenvalue weighted by Crippen LogP contribution is -2.12. The van der Waals surface area contributed by atoms with E-state index in [1.807, 2.05) is 0 Å². The summed E-state index contributed by atoms with van der Waals surface area (Å²) < 4.78 is 0. The highest BCUT2D eigenvalue weighted by Gasteiger charge is 2.15. The van der Waals surface area contributed by atoms with Crippen LogP contribution in [-0.4, -0.2) is 5.11 Å². The summed E-state index contributed by atoms with van der Waals surface area (Å²) in [5.74, 6) is 0.641. The van der Waals surface area contributed by atoms with Crippen molar-refractivity contribution < 1.29 is 5.11 Å². The topological polar surface area (TPSA) is 20.2 Å². The molecule has 0 bridgehead atoms. The van der Waals surface area contributed by atoms with Gasteiger partial charge in [0.1, 0.15) is 6.61 Å². The monoisotopic (exact) mass is 219 g/mol. The SMILES string of the molecule is CC(C)Cc1cc([CH]O)cc(C(C)(C)C)c1. The molecule has 1 rings (SSSR count). The number of benzene rings is 1. The van der Waals surface area contributed by atoms with Gasteiger partial charge in [0, 0.05) is 0 Å². The largest absolute Gasteiger partial charge is 0.385 e. The molecule has 0 saturated heterocycles. The van der Waals surface area contributed by atoms with Gasteiger partial charge in [-0.25, -0.2) is 0 Å². The molecule has 1 aromatic carbocycles. The van der Waals surface area contributed by atoms with E-state index in [-0.39, 0.29) is 5.41 Å². The van der Waals surface area contributed by atoms with E-state index in [9.17, 15) is 0 Å².